The second-order valence-electron chi connectivity index (χ2n) is 8.30. The normalized spacial score (nSPS) is 12.2. The molecule has 0 aromatic heterocycles. The van der Waals surface area contributed by atoms with Crippen LogP contribution in [0.2, 0.25) is 0 Å². The van der Waals surface area contributed by atoms with Crippen LogP contribution >= 0.6 is 0 Å². The Morgan fingerprint density at radius 2 is 1.42 bits per heavy atom. The Kier molecular flexibility index (Phi) is 15.8. The third-order valence-corrected chi connectivity index (χ3v) is 5.33. The van der Waals surface area contributed by atoms with E-state index in [4.69, 9.17) is 4.74 Å². The monoisotopic (exact) mass is 367 g/mol. The summed E-state index contributed by atoms with van der Waals surface area (Å²) < 4.78 is 5.36. The highest BCUT2D eigenvalue weighted by Crippen LogP contribution is 2.15. The molecule has 0 radical (unpaired) electrons. The van der Waals surface area contributed by atoms with Crippen LogP contribution in [0.1, 0.15) is 104 Å². The minimum absolute atomic E-state index is 0.0365. The van der Waals surface area contributed by atoms with E-state index in [-0.39, 0.29) is 11.5 Å². The lowest BCUT2D eigenvalue weighted by Gasteiger charge is -2.32. The van der Waals surface area contributed by atoms with Crippen molar-refractivity contribution in [3.05, 3.63) is 12.2 Å². The van der Waals surface area contributed by atoms with Gasteiger partial charge in [0.1, 0.15) is 0 Å². The molecule has 0 aliphatic heterocycles. The molecule has 0 amide bonds. The number of carbonyl (C=O) groups is 1. The predicted molar refractivity (Wildman–Crippen MR) is 114 cm³/mol. The lowest BCUT2D eigenvalue weighted by Crippen LogP contribution is -2.39. The van der Waals surface area contributed by atoms with Crippen LogP contribution in [0, 0.1) is 0 Å². The SMILES string of the molecule is CCCCCC/C=C/CCCCCCCC(=O)OCCC(C)(C)N(C)C. The van der Waals surface area contributed by atoms with Crippen molar-refractivity contribution in [2.24, 2.45) is 0 Å². The lowest BCUT2D eigenvalue weighted by atomic mass is 10.0. The fourth-order valence-electron chi connectivity index (χ4n) is 2.70. The predicted octanol–water partition coefficient (Wildman–Crippen LogP) is 6.52. The van der Waals surface area contributed by atoms with E-state index in [1.807, 2.05) is 0 Å². The number of rotatable bonds is 17. The molecule has 0 aliphatic rings. The van der Waals surface area contributed by atoms with E-state index in [2.05, 4.69) is 51.9 Å². The first-order chi connectivity index (χ1) is 12.4. The third-order valence-electron chi connectivity index (χ3n) is 5.33. The minimum atomic E-state index is -0.0365. The molecule has 0 saturated heterocycles. The van der Waals surface area contributed by atoms with Gasteiger partial charge in [0.25, 0.3) is 0 Å². The van der Waals surface area contributed by atoms with Crippen LogP contribution in [-0.2, 0) is 9.53 Å². The van der Waals surface area contributed by atoms with Crippen molar-refractivity contribution in [2.45, 2.75) is 110 Å². The van der Waals surface area contributed by atoms with Crippen LogP contribution in [0.3, 0.4) is 0 Å². The van der Waals surface area contributed by atoms with E-state index in [1.54, 1.807) is 0 Å². The first-order valence-electron chi connectivity index (χ1n) is 10.9. The van der Waals surface area contributed by atoms with Gasteiger partial charge < -0.3 is 9.64 Å². The highest BCUT2D eigenvalue weighted by molar-refractivity contribution is 5.69. The number of allylic oxidation sites excluding steroid dienone is 2. The summed E-state index contributed by atoms with van der Waals surface area (Å²) in [5.41, 5.74) is 0.0736. The van der Waals surface area contributed by atoms with E-state index in [0.717, 1.165) is 19.3 Å². The van der Waals surface area contributed by atoms with Gasteiger partial charge in [-0.2, -0.15) is 0 Å². The van der Waals surface area contributed by atoms with Gasteiger partial charge in [-0.15, -0.1) is 0 Å². The van der Waals surface area contributed by atoms with Gasteiger partial charge in [0.15, 0.2) is 0 Å². The molecular weight excluding hydrogens is 322 g/mol. The van der Waals surface area contributed by atoms with Gasteiger partial charge in [-0.1, -0.05) is 57.6 Å². The van der Waals surface area contributed by atoms with E-state index in [9.17, 15) is 4.79 Å². The van der Waals surface area contributed by atoms with Gasteiger partial charge in [-0.25, -0.2) is 0 Å². The summed E-state index contributed by atoms with van der Waals surface area (Å²) >= 11 is 0. The second-order valence-corrected chi connectivity index (χ2v) is 8.30. The van der Waals surface area contributed by atoms with Crippen molar-refractivity contribution in [3.63, 3.8) is 0 Å². The van der Waals surface area contributed by atoms with E-state index >= 15 is 0 Å². The molecule has 0 N–H and O–H groups in total. The number of ether oxygens (including phenoxy) is 1. The molecule has 0 fully saturated rings. The van der Waals surface area contributed by atoms with Crippen molar-refractivity contribution in [3.8, 4) is 0 Å². The molecule has 0 aromatic carbocycles. The molecule has 0 aromatic rings. The average molecular weight is 368 g/mol. The summed E-state index contributed by atoms with van der Waals surface area (Å²) in [7, 11) is 4.12. The molecule has 0 unspecified atom stereocenters. The molecule has 0 saturated carbocycles. The zero-order valence-electron chi connectivity index (χ0n) is 18.3. The fourth-order valence-corrected chi connectivity index (χ4v) is 2.70. The summed E-state index contributed by atoms with van der Waals surface area (Å²) in [6, 6.07) is 0. The van der Waals surface area contributed by atoms with E-state index in [0.29, 0.717) is 13.0 Å². The molecule has 3 heteroatoms. The largest absolute Gasteiger partial charge is 0.466 e. The molecule has 0 bridgehead atoms. The zero-order chi connectivity index (χ0) is 19.7. The van der Waals surface area contributed by atoms with Crippen LogP contribution in [0.25, 0.3) is 0 Å². The Morgan fingerprint density at radius 3 is 2.00 bits per heavy atom. The van der Waals surface area contributed by atoms with Crippen molar-refractivity contribution in [2.75, 3.05) is 20.7 Å². The molecular formula is C23H45NO2. The molecule has 0 aliphatic carbocycles. The number of hydrogen-bond donors (Lipinski definition) is 0. The number of carbonyl (C=O) groups excluding carboxylic acids is 1. The van der Waals surface area contributed by atoms with Crippen LogP contribution in [0.4, 0.5) is 0 Å². The summed E-state index contributed by atoms with van der Waals surface area (Å²) in [6.07, 6.45) is 19.9. The van der Waals surface area contributed by atoms with Gasteiger partial charge in [-0.3, -0.25) is 4.79 Å². The highest BCUT2D eigenvalue weighted by Gasteiger charge is 2.20. The summed E-state index contributed by atoms with van der Waals surface area (Å²) in [5.74, 6) is -0.0365. The molecule has 154 valence electrons. The first-order valence-corrected chi connectivity index (χ1v) is 10.9. The summed E-state index contributed by atoms with van der Waals surface area (Å²) in [4.78, 5) is 13.9. The van der Waals surface area contributed by atoms with Gasteiger partial charge in [0, 0.05) is 12.0 Å². The lowest BCUT2D eigenvalue weighted by molar-refractivity contribution is -0.144. The number of nitrogens with zero attached hydrogens (tertiary/aromatic N) is 1. The molecule has 0 spiro atoms. The smallest absolute Gasteiger partial charge is 0.305 e. The first kappa shape index (κ1) is 25.2. The molecule has 26 heavy (non-hydrogen) atoms. The fraction of sp³-hybridized carbons (Fsp3) is 0.870. The Balaban J connectivity index is 3.39. The summed E-state index contributed by atoms with van der Waals surface area (Å²) in [5, 5.41) is 0. The number of unbranched alkanes of at least 4 members (excludes halogenated alkanes) is 9. The Bertz CT molecular complexity index is 361. The van der Waals surface area contributed by atoms with E-state index < -0.39 is 0 Å². The number of esters is 1. The molecule has 0 rings (SSSR count). The Hall–Kier alpha value is -0.830. The second kappa shape index (κ2) is 16.4. The van der Waals surface area contributed by atoms with Crippen LogP contribution in [-0.4, -0.2) is 37.1 Å². The minimum Gasteiger partial charge on any atom is -0.466 e. The summed E-state index contributed by atoms with van der Waals surface area (Å²) in [6.45, 7) is 7.12. The maximum Gasteiger partial charge on any atom is 0.305 e. The average Bonchev–Trinajstić information content (AvgIpc) is 2.58. The quantitative estimate of drug-likeness (QED) is 0.166. The van der Waals surface area contributed by atoms with Gasteiger partial charge in [-0.05, 0) is 66.5 Å². The third kappa shape index (κ3) is 15.4. The van der Waals surface area contributed by atoms with Crippen LogP contribution in [0.15, 0.2) is 12.2 Å². The van der Waals surface area contributed by atoms with Crippen LogP contribution in [0.5, 0.6) is 0 Å². The maximum atomic E-state index is 11.8. The molecule has 0 atom stereocenters. The van der Waals surface area contributed by atoms with Gasteiger partial charge in [0.2, 0.25) is 0 Å². The standard InChI is InChI=1S/C23H45NO2/c1-6-7-8-9-10-11-12-13-14-15-16-17-18-19-22(25)26-21-20-23(2,3)24(4)5/h11-12H,6-10,13-21H2,1-5H3/b12-11+. The zero-order valence-corrected chi connectivity index (χ0v) is 18.3. The van der Waals surface area contributed by atoms with E-state index in [1.165, 1.54) is 57.8 Å². The van der Waals surface area contributed by atoms with Crippen molar-refractivity contribution in [1.82, 2.24) is 4.90 Å². The highest BCUT2D eigenvalue weighted by atomic mass is 16.5. The van der Waals surface area contributed by atoms with Crippen LogP contribution < -0.4 is 0 Å². The molecule has 0 heterocycles. The van der Waals surface area contributed by atoms with Gasteiger partial charge >= 0.3 is 5.97 Å². The van der Waals surface area contributed by atoms with Crippen molar-refractivity contribution >= 4 is 5.97 Å². The molecule has 3 nitrogen and oxygen atoms in total. The van der Waals surface area contributed by atoms with Crippen molar-refractivity contribution < 1.29 is 9.53 Å². The maximum absolute atomic E-state index is 11.8. The number of hydrogen-bond acceptors (Lipinski definition) is 3. The van der Waals surface area contributed by atoms with Crippen molar-refractivity contribution in [1.29, 1.82) is 0 Å². The van der Waals surface area contributed by atoms with Gasteiger partial charge in [0.05, 0.1) is 6.61 Å². The Labute approximate surface area is 163 Å². The Morgan fingerprint density at radius 1 is 0.885 bits per heavy atom. The topological polar surface area (TPSA) is 29.5 Å².